The molecule has 1 N–H and O–H groups in total. The van der Waals surface area contributed by atoms with Gasteiger partial charge in [0.2, 0.25) is 0 Å². The van der Waals surface area contributed by atoms with Gasteiger partial charge in [0.25, 0.3) is 0 Å². The van der Waals surface area contributed by atoms with E-state index in [1.165, 1.54) is 0 Å². The Hall–Kier alpha value is -2.00. The molecule has 0 radical (unpaired) electrons. The van der Waals surface area contributed by atoms with Crippen LogP contribution in [-0.2, 0) is 6.61 Å². The van der Waals surface area contributed by atoms with E-state index in [4.69, 9.17) is 21.4 Å². The second kappa shape index (κ2) is 5.76. The Labute approximate surface area is 116 Å². The van der Waals surface area contributed by atoms with Crippen molar-refractivity contribution < 1.29 is 14.6 Å². The van der Waals surface area contributed by atoms with Crippen LogP contribution in [-0.4, -0.2) is 11.1 Å². The highest BCUT2D eigenvalue weighted by atomic mass is 35.5. The average molecular weight is 277 g/mol. The molecular weight excluding hydrogens is 264 g/mol. The van der Waals surface area contributed by atoms with E-state index in [9.17, 15) is 4.79 Å². The molecule has 0 aliphatic heterocycles. The predicted octanol–water partition coefficient (Wildman–Crippen LogP) is 3.93. The first kappa shape index (κ1) is 13.4. The summed E-state index contributed by atoms with van der Waals surface area (Å²) in [6.07, 6.45) is 0. The number of ether oxygens (including phenoxy) is 1. The van der Waals surface area contributed by atoms with Crippen molar-refractivity contribution in [3.63, 3.8) is 0 Å². The molecule has 0 saturated carbocycles. The lowest BCUT2D eigenvalue weighted by Gasteiger charge is -2.11. The van der Waals surface area contributed by atoms with Gasteiger partial charge in [0.15, 0.2) is 0 Å². The molecule has 4 heteroatoms. The zero-order valence-corrected chi connectivity index (χ0v) is 11.1. The van der Waals surface area contributed by atoms with E-state index < -0.39 is 5.97 Å². The fourth-order valence-corrected chi connectivity index (χ4v) is 1.87. The smallest absolute Gasteiger partial charge is 0.336 e. The Bertz CT molecular complexity index is 591. The third-order valence-electron chi connectivity index (χ3n) is 2.82. The molecule has 98 valence electrons. The molecule has 0 amide bonds. The largest absolute Gasteiger partial charge is 0.489 e. The van der Waals surface area contributed by atoms with Gasteiger partial charge in [-0.1, -0.05) is 29.8 Å². The number of benzene rings is 2. The molecule has 0 aromatic heterocycles. The summed E-state index contributed by atoms with van der Waals surface area (Å²) in [6.45, 7) is 2.11. The Kier molecular flexibility index (Phi) is 4.07. The molecule has 0 bridgehead atoms. The van der Waals surface area contributed by atoms with Crippen LogP contribution in [0.5, 0.6) is 5.75 Å². The molecule has 0 aliphatic rings. The number of hydrogen-bond donors (Lipinski definition) is 1. The van der Waals surface area contributed by atoms with Crippen LogP contribution in [0.15, 0.2) is 42.5 Å². The van der Waals surface area contributed by atoms with Crippen LogP contribution in [0.1, 0.15) is 21.5 Å². The van der Waals surface area contributed by atoms with Crippen molar-refractivity contribution in [2.75, 3.05) is 0 Å². The zero-order valence-electron chi connectivity index (χ0n) is 10.4. The van der Waals surface area contributed by atoms with Gasteiger partial charge in [0.1, 0.15) is 12.4 Å². The van der Waals surface area contributed by atoms with Crippen molar-refractivity contribution in [2.45, 2.75) is 13.5 Å². The average Bonchev–Trinajstić information content (AvgIpc) is 2.39. The van der Waals surface area contributed by atoms with Gasteiger partial charge >= 0.3 is 5.97 Å². The molecule has 0 fully saturated rings. The van der Waals surface area contributed by atoms with Gasteiger partial charge in [-0.05, 0) is 36.8 Å². The molecule has 2 aromatic carbocycles. The second-order valence-corrected chi connectivity index (χ2v) is 4.59. The van der Waals surface area contributed by atoms with Crippen molar-refractivity contribution in [2.24, 2.45) is 0 Å². The number of carbonyl (C=O) groups is 1. The van der Waals surface area contributed by atoms with E-state index in [1.54, 1.807) is 37.3 Å². The molecule has 0 heterocycles. The number of aromatic carboxylic acids is 1. The standard InChI is InChI=1S/C15H13ClO3/c1-10-13(15(17)18)3-2-4-14(10)19-9-11-5-7-12(16)8-6-11/h2-8H,9H2,1H3,(H,17,18). The van der Waals surface area contributed by atoms with Gasteiger partial charge in [0.05, 0.1) is 5.56 Å². The molecule has 0 aliphatic carbocycles. The van der Waals surface area contributed by atoms with Crippen molar-refractivity contribution in [3.8, 4) is 5.75 Å². The van der Waals surface area contributed by atoms with Crippen LogP contribution < -0.4 is 4.74 Å². The molecule has 2 aromatic rings. The van der Waals surface area contributed by atoms with Crippen molar-refractivity contribution in [1.82, 2.24) is 0 Å². The number of halogens is 1. The van der Waals surface area contributed by atoms with Gasteiger partial charge in [-0.15, -0.1) is 0 Å². The van der Waals surface area contributed by atoms with Crippen LogP contribution in [0.4, 0.5) is 0 Å². The number of rotatable bonds is 4. The molecule has 19 heavy (non-hydrogen) atoms. The summed E-state index contributed by atoms with van der Waals surface area (Å²) in [5.41, 5.74) is 1.86. The summed E-state index contributed by atoms with van der Waals surface area (Å²) in [5, 5.41) is 9.71. The first-order valence-electron chi connectivity index (χ1n) is 5.78. The monoisotopic (exact) mass is 276 g/mol. The molecule has 0 spiro atoms. The van der Waals surface area contributed by atoms with E-state index in [1.807, 2.05) is 12.1 Å². The molecule has 0 unspecified atom stereocenters. The highest BCUT2D eigenvalue weighted by Crippen LogP contribution is 2.22. The molecule has 0 atom stereocenters. The Balaban J connectivity index is 2.13. The lowest BCUT2D eigenvalue weighted by molar-refractivity contribution is 0.0695. The van der Waals surface area contributed by atoms with Gasteiger partial charge < -0.3 is 9.84 Å². The topological polar surface area (TPSA) is 46.5 Å². The van der Waals surface area contributed by atoms with Crippen LogP contribution in [0.2, 0.25) is 5.02 Å². The van der Waals surface area contributed by atoms with Crippen LogP contribution in [0.25, 0.3) is 0 Å². The molecule has 3 nitrogen and oxygen atoms in total. The van der Waals surface area contributed by atoms with Crippen molar-refractivity contribution in [3.05, 3.63) is 64.2 Å². The maximum absolute atomic E-state index is 11.0. The highest BCUT2D eigenvalue weighted by Gasteiger charge is 2.10. The fraction of sp³-hybridized carbons (Fsp3) is 0.133. The maximum atomic E-state index is 11.0. The van der Waals surface area contributed by atoms with E-state index in [-0.39, 0.29) is 5.56 Å². The lowest BCUT2D eigenvalue weighted by atomic mass is 10.1. The summed E-state index contributed by atoms with van der Waals surface area (Å²) >= 11 is 5.80. The lowest BCUT2D eigenvalue weighted by Crippen LogP contribution is -2.03. The van der Waals surface area contributed by atoms with Crippen LogP contribution >= 0.6 is 11.6 Å². The van der Waals surface area contributed by atoms with Gasteiger partial charge in [-0.25, -0.2) is 4.79 Å². The highest BCUT2D eigenvalue weighted by molar-refractivity contribution is 6.30. The SMILES string of the molecule is Cc1c(OCc2ccc(Cl)cc2)cccc1C(=O)O. The second-order valence-electron chi connectivity index (χ2n) is 4.15. The van der Waals surface area contributed by atoms with E-state index in [2.05, 4.69) is 0 Å². The van der Waals surface area contributed by atoms with E-state index in [0.29, 0.717) is 22.9 Å². The molecular formula is C15H13ClO3. The Morgan fingerprint density at radius 2 is 1.89 bits per heavy atom. The van der Waals surface area contributed by atoms with Gasteiger partial charge in [-0.3, -0.25) is 0 Å². The Morgan fingerprint density at radius 3 is 2.53 bits per heavy atom. The van der Waals surface area contributed by atoms with Crippen molar-refractivity contribution >= 4 is 17.6 Å². The summed E-state index contributed by atoms with van der Waals surface area (Å²) in [6, 6.07) is 12.3. The summed E-state index contributed by atoms with van der Waals surface area (Å²) in [5.74, 6) is -0.371. The first-order chi connectivity index (χ1) is 9.08. The van der Waals surface area contributed by atoms with Crippen LogP contribution in [0.3, 0.4) is 0 Å². The zero-order chi connectivity index (χ0) is 13.8. The minimum atomic E-state index is -0.950. The first-order valence-corrected chi connectivity index (χ1v) is 6.16. The third-order valence-corrected chi connectivity index (χ3v) is 3.07. The Morgan fingerprint density at radius 1 is 1.21 bits per heavy atom. The molecule has 0 saturated heterocycles. The van der Waals surface area contributed by atoms with E-state index in [0.717, 1.165) is 5.56 Å². The maximum Gasteiger partial charge on any atom is 0.336 e. The molecule has 2 rings (SSSR count). The minimum Gasteiger partial charge on any atom is -0.489 e. The minimum absolute atomic E-state index is 0.258. The van der Waals surface area contributed by atoms with Crippen LogP contribution in [0, 0.1) is 6.92 Å². The van der Waals surface area contributed by atoms with E-state index >= 15 is 0 Å². The van der Waals surface area contributed by atoms with Crippen molar-refractivity contribution in [1.29, 1.82) is 0 Å². The van der Waals surface area contributed by atoms with Gasteiger partial charge in [-0.2, -0.15) is 0 Å². The number of carboxylic acid groups (broad SMARTS) is 1. The summed E-state index contributed by atoms with van der Waals surface area (Å²) in [4.78, 5) is 11.0. The number of carboxylic acids is 1. The summed E-state index contributed by atoms with van der Waals surface area (Å²) in [7, 11) is 0. The normalized spacial score (nSPS) is 10.2. The quantitative estimate of drug-likeness (QED) is 0.920. The third kappa shape index (κ3) is 3.26. The predicted molar refractivity (Wildman–Crippen MR) is 73.9 cm³/mol. The van der Waals surface area contributed by atoms with Gasteiger partial charge in [0, 0.05) is 10.6 Å². The summed E-state index contributed by atoms with van der Waals surface area (Å²) < 4.78 is 5.65. The fourth-order valence-electron chi connectivity index (χ4n) is 1.74. The number of hydrogen-bond acceptors (Lipinski definition) is 2.